The van der Waals surface area contributed by atoms with Crippen LogP contribution in [0.2, 0.25) is 0 Å². The van der Waals surface area contributed by atoms with Crippen LogP contribution in [0.1, 0.15) is 82.8 Å². The number of aliphatic hydroxyl groups is 1. The van der Waals surface area contributed by atoms with Crippen LogP contribution in [0, 0.1) is 16.7 Å². The number of fused-ring (bicyclic) bond motifs is 6. The summed E-state index contributed by atoms with van der Waals surface area (Å²) in [5.41, 5.74) is -4.75. The molecule has 3 aliphatic carbocycles. The molecule has 1 heterocycles. The first-order valence-corrected chi connectivity index (χ1v) is 22.3. The van der Waals surface area contributed by atoms with E-state index >= 15 is 4.79 Å². The molecule has 4 aliphatic rings. The fourth-order valence-electron chi connectivity index (χ4n) is 10.9. The lowest BCUT2D eigenvalue weighted by Gasteiger charge is -2.68. The zero-order chi connectivity index (χ0) is 48.1. The predicted octanol–water partition coefficient (Wildman–Crippen LogP) is 7.22. The SMILES string of the molecule is CC(=O)O[C@H]1C(=O)[C@]2(C)[C@@H](OC(=O)/C=C/c3ccc(OC(=O)c4ccc5ccccc5c4)cc3)C[C@H]3OC[C@@]3(OC(C)=O)[C@H]2[C@H](OCc2ccccc2)[C@]2(O)C[C@H](OC(C)=O)C(C)=C1C2(C)C. The van der Waals surface area contributed by atoms with Crippen LogP contribution >= 0.6 is 0 Å². The molecule has 0 unspecified atom stereocenters. The number of hydrogen-bond acceptors (Lipinski definition) is 14. The monoisotopic (exact) mass is 914 g/mol. The summed E-state index contributed by atoms with van der Waals surface area (Å²) in [6.07, 6.45) is -4.12. The third kappa shape index (κ3) is 8.47. The maximum Gasteiger partial charge on any atom is 0.343 e. The molecule has 4 aromatic carbocycles. The van der Waals surface area contributed by atoms with Crippen LogP contribution in [0.15, 0.2) is 114 Å². The first-order chi connectivity index (χ1) is 31.8. The van der Waals surface area contributed by atoms with Gasteiger partial charge in [0.15, 0.2) is 17.5 Å². The fourth-order valence-corrected chi connectivity index (χ4v) is 10.9. The van der Waals surface area contributed by atoms with Crippen molar-refractivity contribution in [2.24, 2.45) is 16.7 Å². The minimum atomic E-state index is -2.04. The average molecular weight is 915 g/mol. The summed E-state index contributed by atoms with van der Waals surface area (Å²) in [7, 11) is 0. The summed E-state index contributed by atoms with van der Waals surface area (Å²) in [5, 5.41) is 15.5. The van der Waals surface area contributed by atoms with Crippen LogP contribution < -0.4 is 4.74 Å². The molecule has 14 heteroatoms. The third-order valence-electron chi connectivity index (χ3n) is 14.2. The van der Waals surface area contributed by atoms with E-state index in [9.17, 15) is 29.1 Å². The van der Waals surface area contributed by atoms with Crippen molar-refractivity contribution >= 4 is 52.5 Å². The Hall–Kier alpha value is -6.48. The van der Waals surface area contributed by atoms with Crippen LogP contribution in [0.25, 0.3) is 16.8 Å². The minimum absolute atomic E-state index is 0.0788. The molecule has 1 aliphatic heterocycles. The molecule has 0 spiro atoms. The number of carbonyl (C=O) groups excluding carboxylic acids is 6. The van der Waals surface area contributed by atoms with E-state index in [1.54, 1.807) is 64.1 Å². The Bertz CT molecular complexity index is 2690. The number of esters is 5. The second kappa shape index (κ2) is 18.0. The van der Waals surface area contributed by atoms with Crippen LogP contribution in [-0.2, 0) is 59.0 Å². The Morgan fingerprint density at radius 3 is 2.12 bits per heavy atom. The van der Waals surface area contributed by atoms with Gasteiger partial charge in [0.2, 0.25) is 0 Å². The Morgan fingerprint density at radius 1 is 0.806 bits per heavy atom. The topological polar surface area (TPSA) is 187 Å². The van der Waals surface area contributed by atoms with Crippen molar-refractivity contribution in [2.75, 3.05) is 6.61 Å². The zero-order valence-electron chi connectivity index (χ0n) is 38.4. The summed E-state index contributed by atoms with van der Waals surface area (Å²) in [6.45, 7) is 9.97. The summed E-state index contributed by atoms with van der Waals surface area (Å²) in [5.74, 6) is -5.28. The summed E-state index contributed by atoms with van der Waals surface area (Å²) >= 11 is 0. The van der Waals surface area contributed by atoms with E-state index in [1.165, 1.54) is 26.0 Å². The van der Waals surface area contributed by atoms with Gasteiger partial charge in [-0.25, -0.2) is 9.59 Å². The molecule has 3 fully saturated rings. The van der Waals surface area contributed by atoms with E-state index in [0.29, 0.717) is 16.7 Å². The molecule has 67 heavy (non-hydrogen) atoms. The van der Waals surface area contributed by atoms with Gasteiger partial charge in [-0.2, -0.15) is 0 Å². The number of benzene rings is 4. The zero-order valence-corrected chi connectivity index (χ0v) is 38.4. The van der Waals surface area contributed by atoms with Gasteiger partial charge in [-0.3, -0.25) is 19.2 Å². The van der Waals surface area contributed by atoms with Gasteiger partial charge >= 0.3 is 29.8 Å². The Morgan fingerprint density at radius 2 is 1.48 bits per heavy atom. The lowest BCUT2D eigenvalue weighted by Crippen LogP contribution is -2.82. The second-order valence-electron chi connectivity index (χ2n) is 18.6. The van der Waals surface area contributed by atoms with E-state index in [-0.39, 0.29) is 37.4 Å². The molecule has 0 amide bonds. The molecule has 2 saturated carbocycles. The van der Waals surface area contributed by atoms with Crippen LogP contribution in [0.3, 0.4) is 0 Å². The second-order valence-corrected chi connectivity index (χ2v) is 18.6. The van der Waals surface area contributed by atoms with Gasteiger partial charge in [0.05, 0.1) is 30.3 Å². The molecular weight excluding hydrogens is 861 g/mol. The molecule has 0 aromatic heterocycles. The molecule has 350 valence electrons. The van der Waals surface area contributed by atoms with Crippen molar-refractivity contribution < 1.29 is 67.0 Å². The highest BCUT2D eigenvalue weighted by Crippen LogP contribution is 2.65. The van der Waals surface area contributed by atoms with E-state index in [0.717, 1.165) is 23.3 Å². The Labute approximate surface area is 388 Å². The lowest BCUT2D eigenvalue weighted by molar-refractivity contribution is -0.352. The summed E-state index contributed by atoms with van der Waals surface area (Å²) < 4.78 is 43.0. The maximum absolute atomic E-state index is 15.9. The molecule has 1 N–H and O–H groups in total. The first kappa shape index (κ1) is 47.0. The Kier molecular flexibility index (Phi) is 12.6. The van der Waals surface area contributed by atoms with E-state index in [4.69, 9.17) is 33.2 Å². The van der Waals surface area contributed by atoms with Gasteiger partial charge in [-0.05, 0) is 77.2 Å². The number of carbonyl (C=O) groups is 6. The number of ether oxygens (including phenoxy) is 7. The van der Waals surface area contributed by atoms with Crippen LogP contribution in [-0.4, -0.2) is 89.1 Å². The van der Waals surface area contributed by atoms with E-state index in [1.807, 2.05) is 60.7 Å². The maximum atomic E-state index is 15.9. The highest BCUT2D eigenvalue weighted by atomic mass is 16.6. The summed E-state index contributed by atoms with van der Waals surface area (Å²) in [6, 6.07) is 28.6. The first-order valence-electron chi connectivity index (χ1n) is 22.3. The summed E-state index contributed by atoms with van der Waals surface area (Å²) in [4.78, 5) is 81.9. The normalized spacial score (nSPS) is 29.6. The number of rotatable bonds is 11. The largest absolute Gasteiger partial charge is 0.458 e. The van der Waals surface area contributed by atoms with Crippen LogP contribution in [0.5, 0.6) is 5.75 Å². The fraction of sp³-hybridized carbons (Fsp3) is 0.396. The molecule has 14 nitrogen and oxygen atoms in total. The highest BCUT2D eigenvalue weighted by Gasteiger charge is 2.78. The van der Waals surface area contributed by atoms with Gasteiger partial charge in [0.1, 0.15) is 29.7 Å². The molecule has 0 radical (unpaired) electrons. The van der Waals surface area contributed by atoms with Gasteiger partial charge < -0.3 is 38.3 Å². The molecule has 2 bridgehead atoms. The van der Waals surface area contributed by atoms with Gasteiger partial charge in [-0.15, -0.1) is 0 Å². The molecule has 8 rings (SSSR count). The number of ketones is 1. The molecule has 9 atom stereocenters. The van der Waals surface area contributed by atoms with E-state index < -0.39 is 94.1 Å². The molecule has 4 aromatic rings. The Balaban J connectivity index is 1.17. The van der Waals surface area contributed by atoms with Crippen molar-refractivity contribution in [1.29, 1.82) is 0 Å². The van der Waals surface area contributed by atoms with Gasteiger partial charge in [0, 0.05) is 51.0 Å². The number of hydrogen-bond donors (Lipinski definition) is 1. The number of Topliss-reactive ketones (excluding diaryl/α,β-unsaturated/α-hetero) is 1. The lowest BCUT2D eigenvalue weighted by atomic mass is 9.44. The van der Waals surface area contributed by atoms with Gasteiger partial charge in [0.25, 0.3) is 0 Å². The highest BCUT2D eigenvalue weighted by molar-refractivity contribution is 5.97. The quantitative estimate of drug-likeness (QED) is 0.0522. The predicted molar refractivity (Wildman–Crippen MR) is 242 cm³/mol. The average Bonchev–Trinajstić information content (AvgIpc) is 3.28. The van der Waals surface area contributed by atoms with Crippen molar-refractivity contribution in [1.82, 2.24) is 0 Å². The van der Waals surface area contributed by atoms with Crippen molar-refractivity contribution in [2.45, 2.75) is 110 Å². The standard InChI is InChI=1S/C53H54O14/c1-30-40(63-31(2)54)27-53(60)48(61-28-35-13-9-8-10-14-35)46-51(7,47(58)45(64-32(3)55)44(30)50(53,5)6)41(26-42-52(46,29-62-42)67-33(4)56)66-43(57)24-19-34-17-22-39(23-18-34)65-49(59)38-21-20-36-15-11-12-16-37(36)25-38/h8-25,40-42,45-46,48,60H,26-29H2,1-7H3/b24-19+/t40-,41-,42+,45+,46-,48-,51+,52-,53+/m0/s1. The third-order valence-corrected chi connectivity index (χ3v) is 14.2. The van der Waals surface area contributed by atoms with E-state index in [2.05, 4.69) is 0 Å². The minimum Gasteiger partial charge on any atom is -0.458 e. The van der Waals surface area contributed by atoms with Crippen molar-refractivity contribution in [3.63, 3.8) is 0 Å². The van der Waals surface area contributed by atoms with Crippen molar-refractivity contribution in [3.05, 3.63) is 131 Å². The molecular formula is C53H54O14. The van der Waals surface area contributed by atoms with Crippen LogP contribution in [0.4, 0.5) is 0 Å². The van der Waals surface area contributed by atoms with Crippen molar-refractivity contribution in [3.8, 4) is 5.75 Å². The van der Waals surface area contributed by atoms with Gasteiger partial charge in [-0.1, -0.05) is 86.6 Å². The molecule has 1 saturated heterocycles. The smallest absolute Gasteiger partial charge is 0.343 e.